The van der Waals surface area contributed by atoms with Gasteiger partial charge in [-0.2, -0.15) is 5.26 Å². The Morgan fingerprint density at radius 3 is 2.73 bits per heavy atom. The summed E-state index contributed by atoms with van der Waals surface area (Å²) in [5, 5.41) is 12.2. The molecular weight excluding hydrogens is 136 g/mol. The average molecular weight is 152 g/mol. The summed E-state index contributed by atoms with van der Waals surface area (Å²) in [7, 11) is 0. The molecule has 1 N–H and O–H groups in total. The largest absolute Gasteiger partial charge is 0.315 e. The van der Waals surface area contributed by atoms with Gasteiger partial charge >= 0.3 is 0 Å². The van der Waals surface area contributed by atoms with E-state index in [1.807, 2.05) is 0 Å². The van der Waals surface area contributed by atoms with Crippen LogP contribution in [0.3, 0.4) is 0 Å². The lowest BCUT2D eigenvalue weighted by Gasteiger charge is -2.20. The maximum Gasteiger partial charge on any atom is 0.0712 e. The summed E-state index contributed by atoms with van der Waals surface area (Å²) in [5.41, 5.74) is -0.0475. The third-order valence-electron chi connectivity index (χ3n) is 2.28. The summed E-state index contributed by atoms with van der Waals surface area (Å²) < 4.78 is 0. The number of nitrogens with zero attached hydrogens (tertiary/aromatic N) is 1. The molecule has 2 heteroatoms. The van der Waals surface area contributed by atoms with E-state index < -0.39 is 0 Å². The number of nitrogens with one attached hydrogen (secondary N) is 1. The quantitative estimate of drug-likeness (QED) is 0.651. The standard InChI is InChI=1S/C9H16N2/c1-8(2)5-9(6-10)3-4-11-7-9/h8,11H,3-5,7H2,1-2H3. The first kappa shape index (κ1) is 8.55. The van der Waals surface area contributed by atoms with Crippen LogP contribution in [0.1, 0.15) is 26.7 Å². The van der Waals surface area contributed by atoms with Gasteiger partial charge in [-0.05, 0) is 25.3 Å². The van der Waals surface area contributed by atoms with Gasteiger partial charge in [-0.3, -0.25) is 0 Å². The van der Waals surface area contributed by atoms with Gasteiger partial charge in [-0.25, -0.2) is 0 Å². The van der Waals surface area contributed by atoms with Crippen LogP contribution in [0.5, 0.6) is 0 Å². The molecule has 11 heavy (non-hydrogen) atoms. The van der Waals surface area contributed by atoms with Crippen LogP contribution in [0.25, 0.3) is 0 Å². The van der Waals surface area contributed by atoms with E-state index in [0.29, 0.717) is 5.92 Å². The Morgan fingerprint density at radius 1 is 1.64 bits per heavy atom. The molecule has 1 heterocycles. The fraction of sp³-hybridized carbons (Fsp3) is 0.889. The minimum atomic E-state index is -0.0475. The van der Waals surface area contributed by atoms with E-state index in [9.17, 15) is 0 Å². The van der Waals surface area contributed by atoms with Crippen molar-refractivity contribution in [1.82, 2.24) is 5.32 Å². The molecule has 1 rings (SSSR count). The van der Waals surface area contributed by atoms with Crippen molar-refractivity contribution in [2.75, 3.05) is 13.1 Å². The molecule has 2 nitrogen and oxygen atoms in total. The van der Waals surface area contributed by atoms with Crippen molar-refractivity contribution in [2.45, 2.75) is 26.7 Å². The molecular formula is C9H16N2. The fourth-order valence-corrected chi connectivity index (χ4v) is 1.84. The van der Waals surface area contributed by atoms with E-state index in [4.69, 9.17) is 5.26 Å². The molecule has 1 aliphatic rings. The topological polar surface area (TPSA) is 35.8 Å². The highest BCUT2D eigenvalue weighted by molar-refractivity contribution is 5.04. The molecule has 0 aromatic heterocycles. The SMILES string of the molecule is CC(C)CC1(C#N)CCNC1. The zero-order valence-corrected chi connectivity index (χ0v) is 7.35. The Kier molecular flexibility index (Phi) is 2.51. The average Bonchev–Trinajstić information content (AvgIpc) is 2.36. The van der Waals surface area contributed by atoms with E-state index in [-0.39, 0.29) is 5.41 Å². The highest BCUT2D eigenvalue weighted by Gasteiger charge is 2.34. The second kappa shape index (κ2) is 3.23. The van der Waals surface area contributed by atoms with Gasteiger partial charge in [0.2, 0.25) is 0 Å². The van der Waals surface area contributed by atoms with Crippen LogP contribution >= 0.6 is 0 Å². The number of rotatable bonds is 2. The molecule has 1 fully saturated rings. The summed E-state index contributed by atoms with van der Waals surface area (Å²) >= 11 is 0. The molecule has 0 aromatic carbocycles. The molecule has 1 aliphatic heterocycles. The van der Waals surface area contributed by atoms with Gasteiger partial charge in [0.1, 0.15) is 0 Å². The normalized spacial score (nSPS) is 30.7. The maximum absolute atomic E-state index is 8.98. The number of nitriles is 1. The lowest BCUT2D eigenvalue weighted by Crippen LogP contribution is -2.23. The molecule has 1 saturated heterocycles. The maximum atomic E-state index is 8.98. The zero-order chi connectivity index (χ0) is 8.32. The molecule has 0 saturated carbocycles. The van der Waals surface area contributed by atoms with Crippen molar-refractivity contribution in [3.05, 3.63) is 0 Å². The van der Waals surface area contributed by atoms with Gasteiger partial charge < -0.3 is 5.32 Å². The van der Waals surface area contributed by atoms with Crippen LogP contribution in [0, 0.1) is 22.7 Å². The number of hydrogen-bond acceptors (Lipinski definition) is 2. The van der Waals surface area contributed by atoms with Gasteiger partial charge in [-0.1, -0.05) is 13.8 Å². The summed E-state index contributed by atoms with van der Waals surface area (Å²) in [4.78, 5) is 0. The first-order valence-electron chi connectivity index (χ1n) is 4.30. The van der Waals surface area contributed by atoms with Crippen LogP contribution in [0.15, 0.2) is 0 Å². The summed E-state index contributed by atoms with van der Waals surface area (Å²) in [6, 6.07) is 2.45. The van der Waals surface area contributed by atoms with Gasteiger partial charge in [0, 0.05) is 6.54 Å². The van der Waals surface area contributed by atoms with Gasteiger partial charge in [0.25, 0.3) is 0 Å². The Bertz CT molecular complexity index is 161. The van der Waals surface area contributed by atoms with E-state index in [2.05, 4.69) is 25.2 Å². The molecule has 1 atom stereocenters. The summed E-state index contributed by atoms with van der Waals surface area (Å²) in [6.45, 7) is 6.26. The minimum absolute atomic E-state index is 0.0475. The molecule has 0 radical (unpaired) electrons. The Balaban J connectivity index is 2.54. The second-order valence-corrected chi connectivity index (χ2v) is 3.92. The Morgan fingerprint density at radius 2 is 2.36 bits per heavy atom. The van der Waals surface area contributed by atoms with Crippen LogP contribution in [0.2, 0.25) is 0 Å². The predicted molar refractivity (Wildman–Crippen MR) is 45.0 cm³/mol. The van der Waals surface area contributed by atoms with Gasteiger partial charge in [0.15, 0.2) is 0 Å². The lowest BCUT2D eigenvalue weighted by atomic mass is 9.81. The molecule has 0 spiro atoms. The zero-order valence-electron chi connectivity index (χ0n) is 7.35. The lowest BCUT2D eigenvalue weighted by molar-refractivity contribution is 0.343. The van der Waals surface area contributed by atoms with Gasteiger partial charge in [0.05, 0.1) is 11.5 Å². The van der Waals surface area contributed by atoms with Crippen molar-refractivity contribution in [2.24, 2.45) is 11.3 Å². The first-order valence-corrected chi connectivity index (χ1v) is 4.30. The van der Waals surface area contributed by atoms with E-state index in [0.717, 1.165) is 25.9 Å². The molecule has 62 valence electrons. The second-order valence-electron chi connectivity index (χ2n) is 3.92. The minimum Gasteiger partial charge on any atom is -0.315 e. The van der Waals surface area contributed by atoms with Crippen LogP contribution < -0.4 is 5.32 Å². The summed E-state index contributed by atoms with van der Waals surface area (Å²) in [6.07, 6.45) is 2.07. The molecule has 1 unspecified atom stereocenters. The van der Waals surface area contributed by atoms with E-state index >= 15 is 0 Å². The highest BCUT2D eigenvalue weighted by Crippen LogP contribution is 2.31. The van der Waals surface area contributed by atoms with Crippen molar-refractivity contribution in [1.29, 1.82) is 5.26 Å². The first-order chi connectivity index (χ1) is 5.18. The predicted octanol–water partition coefficient (Wildman–Crippen LogP) is 1.54. The van der Waals surface area contributed by atoms with Crippen molar-refractivity contribution in [3.63, 3.8) is 0 Å². The highest BCUT2D eigenvalue weighted by atomic mass is 14.9. The number of hydrogen-bond donors (Lipinski definition) is 1. The smallest absolute Gasteiger partial charge is 0.0712 e. The van der Waals surface area contributed by atoms with Crippen LogP contribution in [-0.4, -0.2) is 13.1 Å². The monoisotopic (exact) mass is 152 g/mol. The van der Waals surface area contributed by atoms with E-state index in [1.165, 1.54) is 0 Å². The van der Waals surface area contributed by atoms with E-state index in [1.54, 1.807) is 0 Å². The fourth-order valence-electron chi connectivity index (χ4n) is 1.84. The van der Waals surface area contributed by atoms with Crippen LogP contribution in [0.4, 0.5) is 0 Å². The molecule has 0 bridgehead atoms. The van der Waals surface area contributed by atoms with Gasteiger partial charge in [-0.15, -0.1) is 0 Å². The molecule has 0 amide bonds. The molecule has 0 aromatic rings. The Labute approximate surface area is 68.6 Å². The van der Waals surface area contributed by atoms with Crippen LogP contribution in [-0.2, 0) is 0 Å². The summed E-state index contributed by atoms with van der Waals surface area (Å²) in [5.74, 6) is 0.634. The third-order valence-corrected chi connectivity index (χ3v) is 2.28. The Hall–Kier alpha value is -0.550. The van der Waals surface area contributed by atoms with Crippen molar-refractivity contribution >= 4 is 0 Å². The third kappa shape index (κ3) is 1.94. The van der Waals surface area contributed by atoms with Crippen molar-refractivity contribution in [3.8, 4) is 6.07 Å². The molecule has 0 aliphatic carbocycles. The van der Waals surface area contributed by atoms with Crippen molar-refractivity contribution < 1.29 is 0 Å².